The van der Waals surface area contributed by atoms with Crippen molar-refractivity contribution in [2.75, 3.05) is 18.5 Å². The van der Waals surface area contributed by atoms with E-state index < -0.39 is 11.7 Å². The van der Waals surface area contributed by atoms with Crippen molar-refractivity contribution in [3.8, 4) is 17.2 Å². The van der Waals surface area contributed by atoms with Crippen LogP contribution in [0.5, 0.6) is 17.2 Å². The number of nitrogens with one attached hydrogen (secondary N) is 1. The fourth-order valence-electron chi connectivity index (χ4n) is 2.79. The zero-order valence-electron chi connectivity index (χ0n) is 14.9. The SMILES string of the molecule is O=C(COc1ccccc1F)Nc1cnn(C[C@H]2COc3ccccc3O2)c1. The molecule has 28 heavy (non-hydrogen) atoms. The van der Waals surface area contributed by atoms with Crippen molar-refractivity contribution < 1.29 is 23.4 Å². The Morgan fingerprint density at radius 3 is 2.86 bits per heavy atom. The molecular formula is C20H18FN3O4. The van der Waals surface area contributed by atoms with Gasteiger partial charge in [-0.3, -0.25) is 9.48 Å². The van der Waals surface area contributed by atoms with Crippen LogP contribution < -0.4 is 19.5 Å². The first-order chi connectivity index (χ1) is 13.7. The number of hydrogen-bond donors (Lipinski definition) is 1. The van der Waals surface area contributed by atoms with E-state index in [2.05, 4.69) is 10.4 Å². The molecule has 0 unspecified atom stereocenters. The van der Waals surface area contributed by atoms with Crippen LogP contribution in [-0.2, 0) is 11.3 Å². The van der Waals surface area contributed by atoms with Crippen LogP contribution in [-0.4, -0.2) is 35.0 Å². The highest BCUT2D eigenvalue weighted by molar-refractivity contribution is 5.91. The molecule has 0 radical (unpaired) electrons. The molecule has 2 aromatic carbocycles. The van der Waals surface area contributed by atoms with E-state index in [4.69, 9.17) is 14.2 Å². The molecule has 1 N–H and O–H groups in total. The molecule has 1 amide bonds. The molecule has 0 fully saturated rings. The van der Waals surface area contributed by atoms with Gasteiger partial charge in [-0.25, -0.2) is 4.39 Å². The molecule has 1 aliphatic heterocycles. The number of benzene rings is 2. The molecule has 7 nitrogen and oxygen atoms in total. The van der Waals surface area contributed by atoms with E-state index >= 15 is 0 Å². The monoisotopic (exact) mass is 383 g/mol. The molecule has 0 aliphatic carbocycles. The van der Waals surface area contributed by atoms with Crippen molar-refractivity contribution in [3.05, 3.63) is 66.7 Å². The van der Waals surface area contributed by atoms with E-state index in [-0.39, 0.29) is 18.5 Å². The van der Waals surface area contributed by atoms with Crippen molar-refractivity contribution in [1.82, 2.24) is 9.78 Å². The normalized spacial score (nSPS) is 15.1. The van der Waals surface area contributed by atoms with E-state index in [1.165, 1.54) is 18.3 Å². The van der Waals surface area contributed by atoms with Gasteiger partial charge in [-0.05, 0) is 24.3 Å². The fraction of sp³-hybridized carbons (Fsp3) is 0.200. The summed E-state index contributed by atoms with van der Waals surface area (Å²) in [7, 11) is 0. The molecule has 3 aromatic rings. The maximum atomic E-state index is 13.5. The van der Waals surface area contributed by atoms with Gasteiger partial charge in [-0.15, -0.1) is 0 Å². The first-order valence-corrected chi connectivity index (χ1v) is 8.75. The van der Waals surface area contributed by atoms with Crippen LogP contribution in [0.3, 0.4) is 0 Å². The van der Waals surface area contributed by atoms with E-state index in [1.54, 1.807) is 23.0 Å². The lowest BCUT2D eigenvalue weighted by Crippen LogP contribution is -2.33. The molecule has 8 heteroatoms. The highest BCUT2D eigenvalue weighted by atomic mass is 19.1. The Kier molecular flexibility index (Phi) is 5.09. The summed E-state index contributed by atoms with van der Waals surface area (Å²) in [4.78, 5) is 12.0. The van der Waals surface area contributed by atoms with Gasteiger partial charge in [-0.1, -0.05) is 24.3 Å². The second kappa shape index (κ2) is 7.99. The molecule has 1 aromatic heterocycles. The molecule has 1 aliphatic rings. The maximum absolute atomic E-state index is 13.5. The summed E-state index contributed by atoms with van der Waals surface area (Å²) in [5.41, 5.74) is 0.513. The highest BCUT2D eigenvalue weighted by Crippen LogP contribution is 2.31. The summed E-state index contributed by atoms with van der Waals surface area (Å²) in [5, 5.41) is 6.88. The predicted octanol–water partition coefficient (Wildman–Crippen LogP) is 2.88. The summed E-state index contributed by atoms with van der Waals surface area (Å²) in [5.74, 6) is 0.531. The topological polar surface area (TPSA) is 74.6 Å². The minimum absolute atomic E-state index is 0.0306. The Labute approximate surface area is 160 Å². The van der Waals surface area contributed by atoms with E-state index in [9.17, 15) is 9.18 Å². The van der Waals surface area contributed by atoms with Crippen LogP contribution in [0.2, 0.25) is 0 Å². The van der Waals surface area contributed by atoms with Crippen molar-refractivity contribution in [1.29, 1.82) is 0 Å². The summed E-state index contributed by atoms with van der Waals surface area (Å²) in [6.45, 7) is 0.577. The predicted molar refractivity (Wildman–Crippen MR) is 99.1 cm³/mol. The molecule has 0 saturated carbocycles. The van der Waals surface area contributed by atoms with Gasteiger partial charge in [0.15, 0.2) is 35.8 Å². The second-order valence-electron chi connectivity index (χ2n) is 6.22. The van der Waals surface area contributed by atoms with Crippen molar-refractivity contribution in [3.63, 3.8) is 0 Å². The van der Waals surface area contributed by atoms with E-state index in [0.717, 1.165) is 5.75 Å². The number of carbonyl (C=O) groups excluding carboxylic acids is 1. The lowest BCUT2D eigenvalue weighted by atomic mass is 10.2. The van der Waals surface area contributed by atoms with Gasteiger partial charge in [0, 0.05) is 6.20 Å². The number of hydrogen-bond acceptors (Lipinski definition) is 5. The summed E-state index contributed by atoms with van der Waals surface area (Å²) in [6, 6.07) is 13.4. The molecule has 0 bridgehead atoms. The smallest absolute Gasteiger partial charge is 0.262 e. The minimum atomic E-state index is -0.514. The molecule has 0 saturated heterocycles. The lowest BCUT2D eigenvalue weighted by molar-refractivity contribution is -0.118. The maximum Gasteiger partial charge on any atom is 0.262 e. The Hall–Kier alpha value is -3.55. The molecule has 0 spiro atoms. The Bertz CT molecular complexity index is 975. The number of fused-ring (bicyclic) bond motifs is 1. The number of halogens is 1. The number of ether oxygens (including phenoxy) is 3. The van der Waals surface area contributed by atoms with Gasteiger partial charge >= 0.3 is 0 Å². The Morgan fingerprint density at radius 1 is 1.21 bits per heavy atom. The van der Waals surface area contributed by atoms with Crippen molar-refractivity contribution >= 4 is 11.6 Å². The quantitative estimate of drug-likeness (QED) is 0.709. The standard InChI is InChI=1S/C20H18FN3O4/c21-16-5-1-2-6-17(16)27-13-20(25)23-14-9-22-24(10-14)11-15-12-26-18-7-3-4-8-19(18)28-15/h1-10,15H,11-13H2,(H,23,25)/t15-/m0/s1. The lowest BCUT2D eigenvalue weighted by Gasteiger charge is -2.26. The third-order valence-electron chi connectivity index (χ3n) is 4.07. The summed E-state index contributed by atoms with van der Waals surface area (Å²) >= 11 is 0. The van der Waals surface area contributed by atoms with Gasteiger partial charge in [0.25, 0.3) is 5.91 Å². The molecule has 2 heterocycles. The first kappa shape index (κ1) is 17.8. The van der Waals surface area contributed by atoms with Gasteiger partial charge < -0.3 is 19.5 Å². The van der Waals surface area contributed by atoms with Crippen LogP contribution in [0.4, 0.5) is 10.1 Å². The van der Waals surface area contributed by atoms with Gasteiger partial charge in [-0.2, -0.15) is 5.10 Å². The molecular weight excluding hydrogens is 365 g/mol. The number of anilines is 1. The number of carbonyl (C=O) groups is 1. The van der Waals surface area contributed by atoms with E-state index in [1.807, 2.05) is 24.3 Å². The second-order valence-corrected chi connectivity index (χ2v) is 6.22. The van der Waals surface area contributed by atoms with Crippen LogP contribution in [0, 0.1) is 5.82 Å². The first-order valence-electron chi connectivity index (χ1n) is 8.75. The summed E-state index contributed by atoms with van der Waals surface area (Å²) in [6.07, 6.45) is 3.02. The third kappa shape index (κ3) is 4.22. The van der Waals surface area contributed by atoms with Gasteiger partial charge in [0.1, 0.15) is 6.61 Å². The van der Waals surface area contributed by atoms with Crippen LogP contribution in [0.25, 0.3) is 0 Å². The Morgan fingerprint density at radius 2 is 2.00 bits per heavy atom. The molecule has 144 valence electrons. The zero-order chi connectivity index (χ0) is 19.3. The number of nitrogens with zero attached hydrogens (tertiary/aromatic N) is 2. The van der Waals surface area contributed by atoms with Crippen LogP contribution >= 0.6 is 0 Å². The largest absolute Gasteiger partial charge is 0.486 e. The van der Waals surface area contributed by atoms with Crippen molar-refractivity contribution in [2.45, 2.75) is 12.6 Å². The summed E-state index contributed by atoms with van der Waals surface area (Å²) < 4.78 is 31.9. The van der Waals surface area contributed by atoms with Gasteiger partial charge in [0.2, 0.25) is 0 Å². The number of para-hydroxylation sites is 3. The zero-order valence-corrected chi connectivity index (χ0v) is 14.9. The Balaban J connectivity index is 1.29. The van der Waals surface area contributed by atoms with Crippen LogP contribution in [0.15, 0.2) is 60.9 Å². The average molecular weight is 383 g/mol. The van der Waals surface area contributed by atoms with E-state index in [0.29, 0.717) is 24.6 Å². The fourth-order valence-corrected chi connectivity index (χ4v) is 2.79. The molecule has 1 atom stereocenters. The number of aromatic nitrogens is 2. The average Bonchev–Trinajstić information content (AvgIpc) is 3.14. The molecule has 4 rings (SSSR count). The minimum Gasteiger partial charge on any atom is -0.486 e. The van der Waals surface area contributed by atoms with Gasteiger partial charge in [0.05, 0.1) is 18.4 Å². The van der Waals surface area contributed by atoms with Crippen LogP contribution in [0.1, 0.15) is 0 Å². The number of amides is 1. The highest BCUT2D eigenvalue weighted by Gasteiger charge is 2.21. The number of rotatable bonds is 6. The van der Waals surface area contributed by atoms with Crippen molar-refractivity contribution in [2.24, 2.45) is 0 Å². The third-order valence-corrected chi connectivity index (χ3v) is 4.07.